The molecule has 1 unspecified atom stereocenters. The van der Waals surface area contributed by atoms with Gasteiger partial charge in [0, 0.05) is 17.6 Å². The van der Waals surface area contributed by atoms with Crippen molar-refractivity contribution >= 4 is 23.3 Å². The second kappa shape index (κ2) is 5.69. The van der Waals surface area contributed by atoms with Crippen LogP contribution in [0.3, 0.4) is 0 Å². The lowest BCUT2D eigenvalue weighted by atomic mass is 10.0. The number of halogens is 1. The van der Waals surface area contributed by atoms with E-state index in [0.29, 0.717) is 0 Å². The zero-order valence-electron chi connectivity index (χ0n) is 11.4. The monoisotopic (exact) mass is 302 g/mol. The first-order chi connectivity index (χ1) is 10.1. The topological polar surface area (TPSA) is 72.1 Å². The highest BCUT2D eigenvalue weighted by atomic mass is 35.5. The fraction of sp³-hybridized carbons (Fsp3) is 0.267. The van der Waals surface area contributed by atoms with Crippen LogP contribution in [0.1, 0.15) is 34.9 Å². The van der Waals surface area contributed by atoms with Gasteiger partial charge in [-0.05, 0) is 30.5 Å². The number of anilines is 1. The zero-order chi connectivity index (χ0) is 14.8. The predicted octanol–water partition coefficient (Wildman–Crippen LogP) is 2.57. The van der Waals surface area contributed by atoms with Crippen LogP contribution < -0.4 is 10.6 Å². The van der Waals surface area contributed by atoms with Gasteiger partial charge in [0.2, 0.25) is 0 Å². The Morgan fingerprint density at radius 2 is 2.05 bits per heavy atom. The Kier molecular flexibility index (Phi) is 3.75. The van der Waals surface area contributed by atoms with E-state index >= 15 is 0 Å². The number of hydrogen-bond donors (Lipinski definition) is 1. The minimum atomic E-state index is -0.541. The lowest BCUT2D eigenvalue weighted by Crippen LogP contribution is -2.24. The van der Waals surface area contributed by atoms with Crippen LogP contribution in [0.2, 0.25) is 5.02 Å². The Balaban J connectivity index is 1.92. The van der Waals surface area contributed by atoms with Crippen LogP contribution in [0.4, 0.5) is 5.82 Å². The zero-order valence-corrected chi connectivity index (χ0v) is 12.1. The summed E-state index contributed by atoms with van der Waals surface area (Å²) in [5, 5.41) is 0.723. The van der Waals surface area contributed by atoms with Crippen LogP contribution in [-0.2, 0) is 0 Å². The van der Waals surface area contributed by atoms with E-state index in [1.165, 1.54) is 11.9 Å². The number of primary amides is 1. The van der Waals surface area contributed by atoms with E-state index in [0.717, 1.165) is 30.2 Å². The molecule has 5 nitrogen and oxygen atoms in total. The quantitative estimate of drug-likeness (QED) is 0.946. The van der Waals surface area contributed by atoms with Crippen molar-refractivity contribution in [2.75, 3.05) is 11.4 Å². The van der Waals surface area contributed by atoms with Gasteiger partial charge < -0.3 is 10.6 Å². The summed E-state index contributed by atoms with van der Waals surface area (Å²) < 4.78 is 0. The molecule has 1 atom stereocenters. The van der Waals surface area contributed by atoms with Crippen molar-refractivity contribution < 1.29 is 4.79 Å². The average Bonchev–Trinajstić information content (AvgIpc) is 2.97. The van der Waals surface area contributed by atoms with Crippen molar-refractivity contribution in [1.29, 1.82) is 0 Å². The van der Waals surface area contributed by atoms with Gasteiger partial charge in [-0.1, -0.05) is 23.7 Å². The van der Waals surface area contributed by atoms with E-state index in [1.54, 1.807) is 6.07 Å². The van der Waals surface area contributed by atoms with E-state index in [4.69, 9.17) is 17.3 Å². The lowest BCUT2D eigenvalue weighted by molar-refractivity contribution is 0.0995. The molecule has 0 radical (unpaired) electrons. The van der Waals surface area contributed by atoms with Crippen molar-refractivity contribution in [3.05, 3.63) is 52.9 Å². The Hall–Kier alpha value is -2.14. The van der Waals surface area contributed by atoms with E-state index < -0.39 is 5.91 Å². The van der Waals surface area contributed by atoms with Gasteiger partial charge in [-0.15, -0.1) is 0 Å². The van der Waals surface area contributed by atoms with Gasteiger partial charge >= 0.3 is 0 Å². The van der Waals surface area contributed by atoms with Crippen LogP contribution >= 0.6 is 11.6 Å². The van der Waals surface area contributed by atoms with Gasteiger partial charge in [0.25, 0.3) is 5.91 Å². The maximum absolute atomic E-state index is 11.3. The molecule has 2 aromatic rings. The van der Waals surface area contributed by atoms with E-state index in [9.17, 15) is 4.79 Å². The Labute approximate surface area is 127 Å². The molecule has 1 amide bonds. The van der Waals surface area contributed by atoms with Crippen molar-refractivity contribution in [2.24, 2.45) is 5.73 Å². The molecule has 3 rings (SSSR count). The third-order valence-corrected chi connectivity index (χ3v) is 3.96. The van der Waals surface area contributed by atoms with Gasteiger partial charge in [0.15, 0.2) is 0 Å². The molecule has 1 saturated heterocycles. The lowest BCUT2D eigenvalue weighted by Gasteiger charge is -2.26. The summed E-state index contributed by atoms with van der Waals surface area (Å²) in [6, 6.07) is 9.72. The molecular weight excluding hydrogens is 288 g/mol. The predicted molar refractivity (Wildman–Crippen MR) is 81.3 cm³/mol. The molecule has 6 heteroatoms. The van der Waals surface area contributed by atoms with Crippen LogP contribution in [0.15, 0.2) is 36.7 Å². The Morgan fingerprint density at radius 1 is 1.29 bits per heavy atom. The summed E-state index contributed by atoms with van der Waals surface area (Å²) >= 11 is 5.94. The molecule has 1 aliphatic heterocycles. The molecule has 1 fully saturated rings. The summed E-state index contributed by atoms with van der Waals surface area (Å²) in [5.74, 6) is 0.192. The number of carbonyl (C=O) groups excluding carboxylic acids is 1. The summed E-state index contributed by atoms with van der Waals surface area (Å²) in [5.41, 5.74) is 6.71. The first-order valence-electron chi connectivity index (χ1n) is 6.79. The van der Waals surface area contributed by atoms with Gasteiger partial charge in [0.05, 0.1) is 6.04 Å². The fourth-order valence-corrected chi connectivity index (χ4v) is 2.84. The number of rotatable bonds is 3. The van der Waals surface area contributed by atoms with Crippen LogP contribution in [0.25, 0.3) is 0 Å². The second-order valence-corrected chi connectivity index (χ2v) is 5.47. The van der Waals surface area contributed by atoms with E-state index in [2.05, 4.69) is 14.9 Å². The van der Waals surface area contributed by atoms with Gasteiger partial charge in [0.1, 0.15) is 17.8 Å². The highest BCUT2D eigenvalue weighted by Crippen LogP contribution is 2.35. The van der Waals surface area contributed by atoms with Crippen molar-refractivity contribution in [2.45, 2.75) is 18.9 Å². The highest BCUT2D eigenvalue weighted by molar-refractivity contribution is 6.30. The number of nitrogens with two attached hydrogens (primary N) is 1. The highest BCUT2D eigenvalue weighted by Gasteiger charge is 2.27. The largest absolute Gasteiger partial charge is 0.364 e. The molecule has 0 saturated carbocycles. The summed E-state index contributed by atoms with van der Waals surface area (Å²) in [6.45, 7) is 0.891. The maximum Gasteiger partial charge on any atom is 0.267 e. The minimum Gasteiger partial charge on any atom is -0.364 e. The first-order valence-corrected chi connectivity index (χ1v) is 7.17. The van der Waals surface area contributed by atoms with Crippen molar-refractivity contribution in [3.63, 3.8) is 0 Å². The number of nitrogens with zero attached hydrogens (tertiary/aromatic N) is 3. The average molecular weight is 303 g/mol. The third-order valence-electron chi connectivity index (χ3n) is 3.71. The third kappa shape index (κ3) is 2.83. The normalized spacial score (nSPS) is 18.0. The molecule has 1 aromatic carbocycles. The number of hydrogen-bond acceptors (Lipinski definition) is 4. The molecule has 108 valence electrons. The number of benzene rings is 1. The SMILES string of the molecule is NC(=O)c1cc(N2CCCC2c2ccc(Cl)cc2)ncn1. The van der Waals surface area contributed by atoms with Crippen molar-refractivity contribution in [1.82, 2.24) is 9.97 Å². The number of aromatic nitrogens is 2. The Bertz CT molecular complexity index is 659. The van der Waals surface area contributed by atoms with Crippen LogP contribution in [0, 0.1) is 0 Å². The van der Waals surface area contributed by atoms with E-state index in [1.807, 2.05) is 24.3 Å². The molecule has 1 aromatic heterocycles. The number of carbonyl (C=O) groups is 1. The fourth-order valence-electron chi connectivity index (χ4n) is 2.71. The first kappa shape index (κ1) is 13.8. The smallest absolute Gasteiger partial charge is 0.267 e. The second-order valence-electron chi connectivity index (χ2n) is 5.03. The van der Waals surface area contributed by atoms with Gasteiger partial charge in [-0.2, -0.15) is 0 Å². The summed E-state index contributed by atoms with van der Waals surface area (Å²) in [7, 11) is 0. The minimum absolute atomic E-state index is 0.234. The summed E-state index contributed by atoms with van der Waals surface area (Å²) in [6.07, 6.45) is 3.49. The van der Waals surface area contributed by atoms with E-state index in [-0.39, 0.29) is 11.7 Å². The standard InChI is InChI=1S/C15H15ClN4O/c16-11-5-3-10(4-6-11)13-2-1-7-20(13)14-8-12(15(17)21)18-9-19-14/h3-6,8-9,13H,1-2,7H2,(H2,17,21). The Morgan fingerprint density at radius 3 is 2.76 bits per heavy atom. The number of amides is 1. The molecule has 1 aliphatic rings. The molecule has 0 spiro atoms. The van der Waals surface area contributed by atoms with Gasteiger partial charge in [-0.25, -0.2) is 9.97 Å². The molecule has 2 N–H and O–H groups in total. The molecular formula is C15H15ClN4O. The molecule has 2 heterocycles. The summed E-state index contributed by atoms with van der Waals surface area (Å²) in [4.78, 5) is 21.6. The maximum atomic E-state index is 11.3. The van der Waals surface area contributed by atoms with Gasteiger partial charge in [-0.3, -0.25) is 4.79 Å². The molecule has 21 heavy (non-hydrogen) atoms. The van der Waals surface area contributed by atoms with Crippen molar-refractivity contribution in [3.8, 4) is 0 Å². The van der Waals surface area contributed by atoms with Crippen LogP contribution in [0.5, 0.6) is 0 Å². The molecule has 0 bridgehead atoms. The van der Waals surface area contributed by atoms with Crippen LogP contribution in [-0.4, -0.2) is 22.4 Å². The molecule has 0 aliphatic carbocycles.